The number of aromatic carboxylic acids is 1. The molecule has 0 aliphatic heterocycles. The lowest BCUT2D eigenvalue weighted by molar-refractivity contribution is 0.0698. The Balaban J connectivity index is 2.48. The van der Waals surface area contributed by atoms with Crippen LogP contribution in [-0.4, -0.2) is 19.5 Å². The number of aryl methyl sites for hydroxylation is 1. The van der Waals surface area contributed by atoms with Crippen LogP contribution in [0.2, 0.25) is 0 Å². The second-order valence-corrected chi connectivity index (χ2v) is 7.92. The summed E-state index contributed by atoms with van der Waals surface area (Å²) in [5.41, 5.74) is 0.970. The minimum Gasteiger partial charge on any atom is -0.477 e. The molecule has 0 fully saturated rings. The number of anilines is 1. The standard InChI is InChI=1S/C12H10N2O4S3/c1-6-7(2)20-11(8(6)5-13)14-21(17,18)9-3-4-19-10(9)12(15)16/h3-4,14H,1-2H3,(H,15,16). The first kappa shape index (κ1) is 15.5. The van der Waals surface area contributed by atoms with Crippen molar-refractivity contribution in [3.63, 3.8) is 0 Å². The largest absolute Gasteiger partial charge is 0.477 e. The van der Waals surface area contributed by atoms with Crippen LogP contribution in [0, 0.1) is 25.2 Å². The number of hydrogen-bond acceptors (Lipinski definition) is 6. The van der Waals surface area contributed by atoms with Gasteiger partial charge in [-0.25, -0.2) is 13.2 Å². The number of carbonyl (C=O) groups is 1. The van der Waals surface area contributed by atoms with Gasteiger partial charge in [0.2, 0.25) is 0 Å². The summed E-state index contributed by atoms with van der Waals surface area (Å²) in [6.07, 6.45) is 0. The van der Waals surface area contributed by atoms with Crippen LogP contribution < -0.4 is 4.72 Å². The lowest BCUT2D eigenvalue weighted by Crippen LogP contribution is -2.15. The fraction of sp³-hybridized carbons (Fsp3) is 0.167. The van der Waals surface area contributed by atoms with Gasteiger partial charge < -0.3 is 5.11 Å². The number of thiophene rings is 2. The molecule has 0 saturated carbocycles. The minimum absolute atomic E-state index is 0.204. The Morgan fingerprint density at radius 1 is 1.43 bits per heavy atom. The van der Waals surface area contributed by atoms with Crippen molar-refractivity contribution in [1.29, 1.82) is 5.26 Å². The fourth-order valence-electron chi connectivity index (χ4n) is 1.68. The van der Waals surface area contributed by atoms with Gasteiger partial charge in [0.25, 0.3) is 10.0 Å². The molecular weight excluding hydrogens is 332 g/mol. The van der Waals surface area contributed by atoms with E-state index >= 15 is 0 Å². The van der Waals surface area contributed by atoms with Gasteiger partial charge in [0.1, 0.15) is 20.8 Å². The Hall–Kier alpha value is -1.89. The first-order valence-corrected chi connectivity index (χ1v) is 8.79. The summed E-state index contributed by atoms with van der Waals surface area (Å²) in [6, 6.07) is 3.19. The summed E-state index contributed by atoms with van der Waals surface area (Å²) >= 11 is 1.98. The van der Waals surface area contributed by atoms with Gasteiger partial charge in [0.05, 0.1) is 5.56 Å². The van der Waals surface area contributed by atoms with Crippen molar-refractivity contribution < 1.29 is 18.3 Å². The van der Waals surface area contributed by atoms with Crippen LogP contribution in [0.15, 0.2) is 16.3 Å². The highest BCUT2D eigenvalue weighted by Crippen LogP contribution is 2.34. The number of nitrogens with one attached hydrogen (secondary N) is 1. The van der Waals surface area contributed by atoms with E-state index in [1.807, 2.05) is 6.07 Å². The normalized spacial score (nSPS) is 11.1. The summed E-state index contributed by atoms with van der Waals surface area (Å²) in [5, 5.41) is 19.7. The molecule has 0 amide bonds. The summed E-state index contributed by atoms with van der Waals surface area (Å²) < 4.78 is 26.9. The Bertz CT molecular complexity index is 856. The van der Waals surface area contributed by atoms with E-state index in [1.165, 1.54) is 11.4 Å². The molecule has 0 spiro atoms. The number of nitrogens with zero attached hydrogens (tertiary/aromatic N) is 1. The molecule has 0 aliphatic rings. The topological polar surface area (TPSA) is 107 Å². The van der Waals surface area contributed by atoms with Crippen molar-refractivity contribution in [3.8, 4) is 6.07 Å². The summed E-state index contributed by atoms with van der Waals surface area (Å²) in [4.78, 5) is 11.3. The lowest BCUT2D eigenvalue weighted by atomic mass is 10.2. The quantitative estimate of drug-likeness (QED) is 0.888. The number of rotatable bonds is 4. The van der Waals surface area contributed by atoms with Gasteiger partial charge in [-0.15, -0.1) is 22.7 Å². The Morgan fingerprint density at radius 2 is 2.10 bits per heavy atom. The predicted molar refractivity (Wildman–Crippen MR) is 80.6 cm³/mol. The van der Waals surface area contributed by atoms with Crippen molar-refractivity contribution in [2.75, 3.05) is 4.72 Å². The van der Waals surface area contributed by atoms with Crippen LogP contribution in [0.3, 0.4) is 0 Å². The highest BCUT2D eigenvalue weighted by molar-refractivity contribution is 7.93. The monoisotopic (exact) mass is 342 g/mol. The molecule has 2 aromatic heterocycles. The summed E-state index contributed by atoms with van der Waals surface area (Å²) in [5.74, 6) is -1.30. The first-order valence-electron chi connectivity index (χ1n) is 5.61. The first-order chi connectivity index (χ1) is 9.77. The molecular formula is C12H10N2O4S3. The Labute approximate surface area is 129 Å². The molecule has 110 valence electrons. The third kappa shape index (κ3) is 2.78. The molecule has 0 unspecified atom stereocenters. The van der Waals surface area contributed by atoms with Crippen molar-refractivity contribution >= 4 is 43.7 Å². The minimum atomic E-state index is -4.04. The van der Waals surface area contributed by atoms with Crippen molar-refractivity contribution in [1.82, 2.24) is 0 Å². The maximum absolute atomic E-state index is 12.3. The van der Waals surface area contributed by atoms with Gasteiger partial charge in [0.15, 0.2) is 0 Å². The Kier molecular flexibility index (Phi) is 4.04. The summed E-state index contributed by atoms with van der Waals surface area (Å²) in [6.45, 7) is 3.52. The number of hydrogen-bond donors (Lipinski definition) is 2. The molecule has 21 heavy (non-hydrogen) atoms. The molecule has 9 heteroatoms. The molecule has 0 bridgehead atoms. The predicted octanol–water partition coefficient (Wildman–Crippen LogP) is 2.80. The van der Waals surface area contributed by atoms with Crippen molar-refractivity contribution in [3.05, 3.63) is 32.3 Å². The zero-order valence-corrected chi connectivity index (χ0v) is 13.4. The number of nitriles is 1. The molecule has 0 aliphatic carbocycles. The average Bonchev–Trinajstić information content (AvgIpc) is 2.96. The third-order valence-corrected chi connectivity index (χ3v) is 6.51. The van der Waals surface area contributed by atoms with Gasteiger partial charge >= 0.3 is 5.97 Å². The van der Waals surface area contributed by atoms with Crippen molar-refractivity contribution in [2.24, 2.45) is 0 Å². The summed E-state index contributed by atoms with van der Waals surface area (Å²) in [7, 11) is -4.04. The molecule has 0 saturated heterocycles. The van der Waals surface area contributed by atoms with Gasteiger partial charge in [-0.1, -0.05) is 0 Å². The van der Waals surface area contributed by atoms with Crippen LogP contribution in [0.1, 0.15) is 25.7 Å². The van der Waals surface area contributed by atoms with E-state index in [9.17, 15) is 13.2 Å². The van der Waals surface area contributed by atoms with Crippen LogP contribution in [0.5, 0.6) is 0 Å². The number of sulfonamides is 1. The molecule has 2 N–H and O–H groups in total. The maximum Gasteiger partial charge on any atom is 0.347 e. The molecule has 2 aromatic rings. The van der Waals surface area contributed by atoms with Crippen molar-refractivity contribution in [2.45, 2.75) is 18.7 Å². The molecule has 2 heterocycles. The highest BCUT2D eigenvalue weighted by Gasteiger charge is 2.26. The van der Waals surface area contributed by atoms with E-state index in [-0.39, 0.29) is 20.3 Å². The van der Waals surface area contributed by atoms with Crippen LogP contribution >= 0.6 is 22.7 Å². The maximum atomic E-state index is 12.3. The molecule has 0 radical (unpaired) electrons. The zero-order valence-electron chi connectivity index (χ0n) is 11.0. The smallest absolute Gasteiger partial charge is 0.347 e. The SMILES string of the molecule is Cc1sc(NS(=O)(=O)c2ccsc2C(=O)O)c(C#N)c1C. The van der Waals surface area contributed by atoms with E-state index in [4.69, 9.17) is 10.4 Å². The molecule has 0 atom stereocenters. The lowest BCUT2D eigenvalue weighted by Gasteiger charge is -2.06. The van der Waals surface area contributed by atoms with E-state index in [2.05, 4.69) is 4.72 Å². The number of carboxylic acids is 1. The molecule has 0 aromatic carbocycles. The van der Waals surface area contributed by atoms with E-state index < -0.39 is 16.0 Å². The zero-order chi connectivity index (χ0) is 15.8. The van der Waals surface area contributed by atoms with Gasteiger partial charge in [0, 0.05) is 4.88 Å². The second kappa shape index (κ2) is 5.48. The van der Waals surface area contributed by atoms with Crippen LogP contribution in [0.25, 0.3) is 0 Å². The average molecular weight is 342 g/mol. The van der Waals surface area contributed by atoms with E-state index in [0.717, 1.165) is 27.6 Å². The highest BCUT2D eigenvalue weighted by atomic mass is 32.2. The van der Waals surface area contributed by atoms with E-state index in [1.54, 1.807) is 13.8 Å². The second-order valence-electron chi connectivity index (χ2n) is 4.12. The van der Waals surface area contributed by atoms with E-state index in [0.29, 0.717) is 5.56 Å². The van der Waals surface area contributed by atoms with Gasteiger partial charge in [-0.3, -0.25) is 4.72 Å². The van der Waals surface area contributed by atoms with Gasteiger partial charge in [-0.2, -0.15) is 5.26 Å². The fourth-order valence-corrected chi connectivity index (χ4v) is 5.25. The van der Waals surface area contributed by atoms with Gasteiger partial charge in [-0.05, 0) is 30.9 Å². The number of carboxylic acid groups (broad SMARTS) is 1. The van der Waals surface area contributed by atoms with Crippen LogP contribution in [0.4, 0.5) is 5.00 Å². The molecule has 6 nitrogen and oxygen atoms in total. The molecule has 2 rings (SSSR count). The third-order valence-electron chi connectivity index (χ3n) is 2.84. The Morgan fingerprint density at radius 3 is 2.67 bits per heavy atom. The van der Waals surface area contributed by atoms with Crippen LogP contribution in [-0.2, 0) is 10.0 Å².